The molecular formula is C17H19BrClN3O2. The molecule has 0 N–H and O–H groups in total. The molecule has 0 radical (unpaired) electrons. The summed E-state index contributed by atoms with van der Waals surface area (Å²) >= 11 is 9.27. The second-order valence-electron chi connectivity index (χ2n) is 5.69. The Hall–Kier alpha value is -1.53. The van der Waals surface area contributed by atoms with E-state index < -0.39 is 0 Å². The van der Waals surface area contributed by atoms with Gasteiger partial charge in [-0.1, -0.05) is 11.6 Å². The van der Waals surface area contributed by atoms with Gasteiger partial charge in [0.15, 0.2) is 12.1 Å². The maximum Gasteiger partial charge on any atom is 0.152 e. The summed E-state index contributed by atoms with van der Waals surface area (Å²) in [5.41, 5.74) is 2.06. The molecule has 7 heteroatoms. The monoisotopic (exact) mass is 411 g/mol. The molecule has 5 nitrogen and oxygen atoms in total. The zero-order valence-corrected chi connectivity index (χ0v) is 15.8. The lowest BCUT2D eigenvalue weighted by molar-refractivity contribution is -0.119. The van der Waals surface area contributed by atoms with Gasteiger partial charge in [0, 0.05) is 35.8 Å². The molecule has 0 fully saturated rings. The van der Waals surface area contributed by atoms with Gasteiger partial charge in [-0.3, -0.25) is 14.6 Å². The van der Waals surface area contributed by atoms with Gasteiger partial charge < -0.3 is 4.90 Å². The molecule has 0 atom stereocenters. The first-order chi connectivity index (χ1) is 11.5. The van der Waals surface area contributed by atoms with Crippen molar-refractivity contribution in [1.82, 2.24) is 4.90 Å². The molecule has 0 bridgehead atoms. The molecule has 0 spiro atoms. The fourth-order valence-corrected chi connectivity index (χ4v) is 2.91. The first-order valence-corrected chi connectivity index (χ1v) is 8.89. The fraction of sp³-hybridized carbons (Fsp3) is 0.412. The maximum absolute atomic E-state index is 12.0. The van der Waals surface area contributed by atoms with Gasteiger partial charge in [0.2, 0.25) is 0 Å². The average Bonchev–Trinajstić information content (AvgIpc) is 3.07. The first kappa shape index (κ1) is 18.8. The summed E-state index contributed by atoms with van der Waals surface area (Å²) in [7, 11) is 1.78. The van der Waals surface area contributed by atoms with Crippen molar-refractivity contribution in [2.45, 2.75) is 25.7 Å². The number of hydrogen-bond acceptors (Lipinski definition) is 4. The lowest BCUT2D eigenvalue weighted by Gasteiger charge is -2.12. The van der Waals surface area contributed by atoms with Gasteiger partial charge in [0.25, 0.3) is 0 Å². The third kappa shape index (κ3) is 5.53. The van der Waals surface area contributed by atoms with Crippen LogP contribution in [0.2, 0.25) is 5.02 Å². The van der Waals surface area contributed by atoms with Crippen LogP contribution in [0, 0.1) is 0 Å². The van der Waals surface area contributed by atoms with Crippen LogP contribution in [0.3, 0.4) is 0 Å². The highest BCUT2D eigenvalue weighted by molar-refractivity contribution is 9.10. The van der Waals surface area contributed by atoms with E-state index in [0.29, 0.717) is 33.5 Å². The first-order valence-electron chi connectivity index (χ1n) is 7.72. The van der Waals surface area contributed by atoms with E-state index in [-0.39, 0.29) is 12.3 Å². The topological polar surface area (TPSA) is 62.1 Å². The number of aliphatic imine (C=N–C) groups is 2. The van der Waals surface area contributed by atoms with E-state index in [4.69, 9.17) is 11.6 Å². The van der Waals surface area contributed by atoms with Crippen molar-refractivity contribution in [3.63, 3.8) is 0 Å². The normalized spacial score (nSPS) is 14.0. The van der Waals surface area contributed by atoms with Crippen LogP contribution in [0.5, 0.6) is 0 Å². The van der Waals surface area contributed by atoms with E-state index >= 15 is 0 Å². The van der Waals surface area contributed by atoms with E-state index in [1.165, 1.54) is 0 Å². The van der Waals surface area contributed by atoms with E-state index in [0.717, 1.165) is 31.5 Å². The highest BCUT2D eigenvalue weighted by Gasteiger charge is 2.10. The maximum atomic E-state index is 12.0. The number of nitrogens with zero attached hydrogens (tertiary/aromatic N) is 3. The molecule has 0 aliphatic carbocycles. The van der Waals surface area contributed by atoms with Gasteiger partial charge >= 0.3 is 0 Å². The minimum atomic E-state index is 0.145. The highest BCUT2D eigenvalue weighted by atomic mass is 79.9. The minimum absolute atomic E-state index is 0.145. The van der Waals surface area contributed by atoms with Gasteiger partial charge in [-0.15, -0.1) is 0 Å². The smallest absolute Gasteiger partial charge is 0.152 e. The summed E-state index contributed by atoms with van der Waals surface area (Å²) in [5.74, 6) is 0.145. The summed E-state index contributed by atoms with van der Waals surface area (Å²) in [6.45, 7) is 1.17. The zero-order valence-electron chi connectivity index (χ0n) is 13.5. The standard InChI is InChI=1S/C17H19BrClN3O2/c1-22(9-14(24)5-4-13-3-2-6-20-13)11-21-17-8-15(18)16(19)7-12(17)10-23/h7-8,10-11H,2-6,9H2,1H3/b21-11-. The van der Waals surface area contributed by atoms with Gasteiger partial charge in [-0.25, -0.2) is 4.99 Å². The van der Waals surface area contributed by atoms with Crippen LogP contribution >= 0.6 is 27.5 Å². The van der Waals surface area contributed by atoms with Gasteiger partial charge in [0.1, 0.15) is 0 Å². The average molecular weight is 413 g/mol. The molecule has 1 heterocycles. The number of Topliss-reactive ketones (excluding diaryl/α,β-unsaturated/α-hetero) is 1. The molecule has 1 aliphatic rings. The molecular weight excluding hydrogens is 394 g/mol. The Morgan fingerprint density at radius 3 is 2.96 bits per heavy atom. The second kappa shape index (κ2) is 9.08. The number of halogens is 2. The van der Waals surface area contributed by atoms with E-state index in [1.807, 2.05) is 0 Å². The molecule has 128 valence electrons. The quantitative estimate of drug-likeness (QED) is 0.367. The van der Waals surface area contributed by atoms with Crippen LogP contribution in [-0.4, -0.2) is 49.2 Å². The Morgan fingerprint density at radius 2 is 2.29 bits per heavy atom. The summed E-state index contributed by atoms with van der Waals surface area (Å²) in [6, 6.07) is 3.23. The predicted octanol–water partition coefficient (Wildman–Crippen LogP) is 4.09. The number of benzene rings is 1. The van der Waals surface area contributed by atoms with Crippen LogP contribution in [0.1, 0.15) is 36.0 Å². The molecule has 0 aromatic heterocycles. The fourth-order valence-electron chi connectivity index (χ4n) is 2.40. The summed E-state index contributed by atoms with van der Waals surface area (Å²) in [4.78, 5) is 33.5. The van der Waals surface area contributed by atoms with Gasteiger partial charge in [-0.2, -0.15) is 0 Å². The molecule has 0 unspecified atom stereocenters. The van der Waals surface area contributed by atoms with Crippen molar-refractivity contribution in [1.29, 1.82) is 0 Å². The number of carbonyl (C=O) groups excluding carboxylic acids is 2. The highest BCUT2D eigenvalue weighted by Crippen LogP contribution is 2.30. The number of carbonyl (C=O) groups is 2. The molecule has 24 heavy (non-hydrogen) atoms. The van der Waals surface area contributed by atoms with Crippen molar-refractivity contribution in [2.24, 2.45) is 9.98 Å². The van der Waals surface area contributed by atoms with Crippen LogP contribution in [-0.2, 0) is 4.79 Å². The zero-order chi connectivity index (χ0) is 17.5. The molecule has 1 aromatic carbocycles. The molecule has 2 rings (SSSR count). The van der Waals surface area contributed by atoms with Crippen molar-refractivity contribution < 1.29 is 9.59 Å². The van der Waals surface area contributed by atoms with Crippen molar-refractivity contribution in [2.75, 3.05) is 20.1 Å². The van der Waals surface area contributed by atoms with Gasteiger partial charge in [0.05, 0.1) is 23.6 Å². The number of rotatable bonds is 8. The molecule has 0 amide bonds. The molecule has 1 aromatic rings. The third-order valence-corrected chi connectivity index (χ3v) is 4.86. The second-order valence-corrected chi connectivity index (χ2v) is 6.95. The number of likely N-dealkylation sites (N-methyl/N-ethyl adjacent to an activating group) is 1. The molecule has 0 saturated heterocycles. The Morgan fingerprint density at radius 1 is 1.50 bits per heavy atom. The summed E-state index contributed by atoms with van der Waals surface area (Å²) in [6.07, 6.45) is 5.63. The SMILES string of the molecule is CN(/C=N\c1cc(Br)c(Cl)cc1C=O)CC(=O)CCC1=NCCC1. The summed E-state index contributed by atoms with van der Waals surface area (Å²) in [5, 5.41) is 0.453. The van der Waals surface area contributed by atoms with Crippen molar-refractivity contribution >= 4 is 57.3 Å². The van der Waals surface area contributed by atoms with Gasteiger partial charge in [-0.05, 0) is 47.3 Å². The predicted molar refractivity (Wildman–Crippen MR) is 101 cm³/mol. The van der Waals surface area contributed by atoms with Crippen molar-refractivity contribution in [3.8, 4) is 0 Å². The van der Waals surface area contributed by atoms with E-state index in [1.54, 1.807) is 30.4 Å². The van der Waals surface area contributed by atoms with Crippen molar-refractivity contribution in [3.05, 3.63) is 27.2 Å². The number of hydrogen-bond donors (Lipinski definition) is 0. The van der Waals surface area contributed by atoms with Crippen LogP contribution < -0.4 is 0 Å². The Labute approximate surface area is 154 Å². The molecule has 0 saturated carbocycles. The van der Waals surface area contributed by atoms with E-state index in [9.17, 15) is 9.59 Å². The lowest BCUT2D eigenvalue weighted by atomic mass is 10.1. The van der Waals surface area contributed by atoms with Crippen LogP contribution in [0.4, 0.5) is 5.69 Å². The van der Waals surface area contributed by atoms with Crippen LogP contribution in [0.15, 0.2) is 26.6 Å². The molecule has 1 aliphatic heterocycles. The van der Waals surface area contributed by atoms with Crippen LogP contribution in [0.25, 0.3) is 0 Å². The Bertz CT molecular complexity index is 689. The minimum Gasteiger partial charge on any atom is -0.358 e. The van der Waals surface area contributed by atoms with E-state index in [2.05, 4.69) is 25.9 Å². The third-order valence-electron chi connectivity index (χ3n) is 3.67. The summed E-state index contributed by atoms with van der Waals surface area (Å²) < 4.78 is 0.665. The largest absolute Gasteiger partial charge is 0.358 e. The Kier molecular flexibility index (Phi) is 7.12. The number of ketones is 1. The lowest BCUT2D eigenvalue weighted by Crippen LogP contribution is -2.24. The Balaban J connectivity index is 1.90. The number of aldehydes is 1.